The van der Waals surface area contributed by atoms with Gasteiger partial charge in [-0.3, -0.25) is 4.68 Å². The van der Waals surface area contributed by atoms with Gasteiger partial charge in [0.25, 0.3) is 0 Å². The van der Waals surface area contributed by atoms with Crippen LogP contribution in [-0.2, 0) is 24.9 Å². The van der Waals surface area contributed by atoms with Crippen LogP contribution in [0.3, 0.4) is 0 Å². The average Bonchev–Trinajstić information content (AvgIpc) is 2.74. The first-order chi connectivity index (χ1) is 8.28. The van der Waals surface area contributed by atoms with E-state index >= 15 is 0 Å². The number of hydrogen-bond acceptors (Lipinski definition) is 3. The summed E-state index contributed by atoms with van der Waals surface area (Å²) < 4.78 is 6.91. The molecular weight excluding hydrogens is 214 g/mol. The number of benzene rings is 1. The highest BCUT2D eigenvalue weighted by molar-refractivity contribution is 5.45. The number of ether oxygens (including phenoxy) is 1. The molecule has 1 heterocycles. The van der Waals surface area contributed by atoms with Gasteiger partial charge in [0.15, 0.2) is 0 Å². The molecule has 0 saturated carbocycles. The summed E-state index contributed by atoms with van der Waals surface area (Å²) in [4.78, 5) is 0. The van der Waals surface area contributed by atoms with E-state index in [1.165, 1.54) is 5.56 Å². The summed E-state index contributed by atoms with van der Waals surface area (Å²) in [6.07, 6.45) is 1.94. The number of hydrogen-bond donors (Lipinski definition) is 1. The molecule has 4 nitrogen and oxygen atoms in total. The Morgan fingerprint density at radius 1 is 1.35 bits per heavy atom. The Balaban J connectivity index is 1.96. The maximum absolute atomic E-state index is 5.11. The fraction of sp³-hybridized carbons (Fsp3) is 0.308. The Hall–Kier alpha value is -1.81. The van der Waals surface area contributed by atoms with Crippen LogP contribution in [0, 0.1) is 0 Å². The molecule has 0 amide bonds. The summed E-state index contributed by atoms with van der Waals surface area (Å²) in [5.74, 6) is 0. The number of rotatable bonds is 5. The molecule has 2 aromatic rings. The lowest BCUT2D eigenvalue weighted by Gasteiger charge is -2.06. The highest BCUT2D eigenvalue weighted by Gasteiger charge is 1.98. The minimum atomic E-state index is 0.638. The standard InChI is InChI=1S/C13H17N3O/c1-16-7-6-13(15-16)9-14-12-5-3-4-11(8-12)10-17-2/h3-8,14H,9-10H2,1-2H3. The van der Waals surface area contributed by atoms with E-state index in [1.54, 1.807) is 11.8 Å². The van der Waals surface area contributed by atoms with Crippen molar-refractivity contribution in [3.05, 3.63) is 47.8 Å². The molecule has 1 N–H and O–H groups in total. The topological polar surface area (TPSA) is 39.1 Å². The second kappa shape index (κ2) is 5.50. The number of anilines is 1. The third-order valence-corrected chi connectivity index (χ3v) is 2.48. The molecule has 90 valence electrons. The van der Waals surface area contributed by atoms with Crippen molar-refractivity contribution in [1.82, 2.24) is 9.78 Å². The Kier molecular flexibility index (Phi) is 3.77. The normalized spacial score (nSPS) is 10.5. The highest BCUT2D eigenvalue weighted by atomic mass is 16.5. The number of aryl methyl sites for hydroxylation is 1. The third kappa shape index (κ3) is 3.32. The maximum Gasteiger partial charge on any atom is 0.0815 e. The molecule has 0 radical (unpaired) electrons. The van der Waals surface area contributed by atoms with E-state index in [0.29, 0.717) is 6.61 Å². The van der Waals surface area contributed by atoms with Crippen LogP contribution in [0.5, 0.6) is 0 Å². The molecule has 2 rings (SSSR count). The smallest absolute Gasteiger partial charge is 0.0815 e. The second-order valence-electron chi connectivity index (χ2n) is 3.97. The van der Waals surface area contributed by atoms with Gasteiger partial charge in [0.2, 0.25) is 0 Å². The molecule has 0 unspecified atom stereocenters. The maximum atomic E-state index is 5.11. The zero-order chi connectivity index (χ0) is 12.1. The molecule has 17 heavy (non-hydrogen) atoms. The van der Waals surface area contributed by atoms with E-state index in [2.05, 4.69) is 22.5 Å². The first kappa shape index (κ1) is 11.7. The van der Waals surface area contributed by atoms with Crippen LogP contribution in [0.1, 0.15) is 11.3 Å². The Morgan fingerprint density at radius 3 is 2.94 bits per heavy atom. The van der Waals surface area contributed by atoms with Crippen LogP contribution >= 0.6 is 0 Å². The Morgan fingerprint density at radius 2 is 2.24 bits per heavy atom. The molecule has 0 aliphatic rings. The van der Waals surface area contributed by atoms with Crippen LogP contribution in [0.25, 0.3) is 0 Å². The van der Waals surface area contributed by atoms with Crippen LogP contribution in [0.4, 0.5) is 5.69 Å². The molecule has 0 aliphatic heterocycles. The lowest BCUT2D eigenvalue weighted by atomic mass is 10.2. The summed E-state index contributed by atoms with van der Waals surface area (Å²) in [7, 11) is 3.62. The monoisotopic (exact) mass is 231 g/mol. The molecule has 4 heteroatoms. The highest BCUT2D eigenvalue weighted by Crippen LogP contribution is 2.12. The van der Waals surface area contributed by atoms with Gasteiger partial charge in [0.1, 0.15) is 0 Å². The summed E-state index contributed by atoms with van der Waals surface area (Å²) in [5, 5.41) is 7.66. The summed E-state index contributed by atoms with van der Waals surface area (Å²) >= 11 is 0. The predicted octanol–water partition coefficient (Wildman–Crippen LogP) is 2.18. The van der Waals surface area contributed by atoms with E-state index in [1.807, 2.05) is 31.4 Å². The molecule has 0 aliphatic carbocycles. The summed E-state index contributed by atoms with van der Waals surface area (Å²) in [6, 6.07) is 10.2. The molecule has 0 fully saturated rings. The minimum Gasteiger partial charge on any atom is -0.380 e. The zero-order valence-electron chi connectivity index (χ0n) is 10.2. The van der Waals surface area contributed by atoms with E-state index in [4.69, 9.17) is 4.74 Å². The minimum absolute atomic E-state index is 0.638. The van der Waals surface area contributed by atoms with Crippen molar-refractivity contribution in [3.8, 4) is 0 Å². The summed E-state index contributed by atoms with van der Waals surface area (Å²) in [6.45, 7) is 1.37. The molecular formula is C13H17N3O. The molecule has 0 saturated heterocycles. The number of nitrogens with one attached hydrogen (secondary N) is 1. The first-order valence-corrected chi connectivity index (χ1v) is 5.58. The predicted molar refractivity (Wildman–Crippen MR) is 67.7 cm³/mol. The van der Waals surface area contributed by atoms with Gasteiger partial charge in [0, 0.05) is 26.0 Å². The Bertz CT molecular complexity index is 479. The number of methoxy groups -OCH3 is 1. The van der Waals surface area contributed by atoms with Crippen LogP contribution < -0.4 is 5.32 Å². The van der Waals surface area contributed by atoms with Crippen molar-refractivity contribution >= 4 is 5.69 Å². The lowest BCUT2D eigenvalue weighted by molar-refractivity contribution is 0.185. The second-order valence-corrected chi connectivity index (χ2v) is 3.97. The van der Waals surface area contributed by atoms with Crippen molar-refractivity contribution in [1.29, 1.82) is 0 Å². The zero-order valence-corrected chi connectivity index (χ0v) is 10.2. The van der Waals surface area contributed by atoms with E-state index in [9.17, 15) is 0 Å². The van der Waals surface area contributed by atoms with Gasteiger partial charge in [-0.15, -0.1) is 0 Å². The van der Waals surface area contributed by atoms with Gasteiger partial charge in [-0.1, -0.05) is 12.1 Å². The quantitative estimate of drug-likeness (QED) is 0.857. The van der Waals surface area contributed by atoms with Gasteiger partial charge in [-0.2, -0.15) is 5.10 Å². The Labute approximate surface area is 101 Å². The first-order valence-electron chi connectivity index (χ1n) is 5.58. The van der Waals surface area contributed by atoms with E-state index in [-0.39, 0.29) is 0 Å². The molecule has 0 atom stereocenters. The van der Waals surface area contributed by atoms with Crippen molar-refractivity contribution in [3.63, 3.8) is 0 Å². The molecule has 1 aromatic heterocycles. The SMILES string of the molecule is COCc1cccc(NCc2ccn(C)n2)c1. The van der Waals surface area contributed by atoms with Crippen molar-refractivity contribution in [2.75, 3.05) is 12.4 Å². The number of nitrogens with zero attached hydrogens (tertiary/aromatic N) is 2. The van der Waals surface area contributed by atoms with Crippen LogP contribution in [0.15, 0.2) is 36.5 Å². The van der Waals surface area contributed by atoms with Gasteiger partial charge < -0.3 is 10.1 Å². The van der Waals surface area contributed by atoms with Gasteiger partial charge in [-0.25, -0.2) is 0 Å². The van der Waals surface area contributed by atoms with Gasteiger partial charge >= 0.3 is 0 Å². The van der Waals surface area contributed by atoms with Crippen molar-refractivity contribution in [2.24, 2.45) is 7.05 Å². The third-order valence-electron chi connectivity index (χ3n) is 2.48. The lowest BCUT2D eigenvalue weighted by Crippen LogP contribution is -2.01. The van der Waals surface area contributed by atoms with E-state index in [0.717, 1.165) is 17.9 Å². The van der Waals surface area contributed by atoms with Gasteiger partial charge in [-0.05, 0) is 23.8 Å². The van der Waals surface area contributed by atoms with Crippen molar-refractivity contribution in [2.45, 2.75) is 13.2 Å². The van der Waals surface area contributed by atoms with Crippen molar-refractivity contribution < 1.29 is 4.74 Å². The van der Waals surface area contributed by atoms with Crippen LogP contribution in [0.2, 0.25) is 0 Å². The van der Waals surface area contributed by atoms with E-state index < -0.39 is 0 Å². The fourth-order valence-electron chi connectivity index (χ4n) is 1.69. The average molecular weight is 231 g/mol. The molecule has 0 spiro atoms. The van der Waals surface area contributed by atoms with Gasteiger partial charge in [0.05, 0.1) is 18.8 Å². The largest absolute Gasteiger partial charge is 0.380 e. The fourth-order valence-corrected chi connectivity index (χ4v) is 1.69. The van der Waals surface area contributed by atoms with Crippen LogP contribution in [-0.4, -0.2) is 16.9 Å². The summed E-state index contributed by atoms with van der Waals surface area (Å²) in [5.41, 5.74) is 3.29. The number of aromatic nitrogens is 2. The molecule has 0 bridgehead atoms. The molecule has 1 aromatic carbocycles.